The van der Waals surface area contributed by atoms with E-state index in [0.717, 1.165) is 31.2 Å². The minimum absolute atomic E-state index is 0.539. The fourth-order valence-corrected chi connectivity index (χ4v) is 2.91. The van der Waals surface area contributed by atoms with E-state index in [0.29, 0.717) is 12.1 Å². The molecule has 18 heavy (non-hydrogen) atoms. The maximum atomic E-state index is 5.45. The summed E-state index contributed by atoms with van der Waals surface area (Å²) in [5, 5.41) is 7.98. The van der Waals surface area contributed by atoms with Crippen LogP contribution in [0.25, 0.3) is 0 Å². The van der Waals surface area contributed by atoms with Gasteiger partial charge in [-0.25, -0.2) is 4.68 Å². The van der Waals surface area contributed by atoms with Crippen molar-refractivity contribution in [1.29, 1.82) is 0 Å². The maximum absolute atomic E-state index is 5.45. The molecule has 1 aliphatic rings. The number of aryl methyl sites for hydroxylation is 2. The average Bonchev–Trinajstić information content (AvgIpc) is 2.52. The smallest absolute Gasteiger partial charge is 0.216 e. The molecule has 5 heteroatoms. The lowest BCUT2D eigenvalue weighted by molar-refractivity contribution is 0.164. The lowest BCUT2D eigenvalue weighted by Gasteiger charge is -2.36. The predicted molar refractivity (Wildman–Crippen MR) is 71.8 cm³/mol. The summed E-state index contributed by atoms with van der Waals surface area (Å²) in [6, 6.07) is 1.08. The maximum Gasteiger partial charge on any atom is 0.216 e. The average molecular weight is 252 g/mol. The third-order valence-corrected chi connectivity index (χ3v) is 3.50. The molecule has 1 aliphatic heterocycles. The number of methoxy groups -OCH3 is 1. The van der Waals surface area contributed by atoms with E-state index in [9.17, 15) is 0 Å². The number of rotatable bonds is 3. The van der Waals surface area contributed by atoms with Crippen LogP contribution in [0.3, 0.4) is 0 Å². The molecule has 0 bridgehead atoms. The van der Waals surface area contributed by atoms with E-state index < -0.39 is 0 Å². The van der Waals surface area contributed by atoms with E-state index in [1.54, 1.807) is 7.11 Å². The lowest BCUT2D eigenvalue weighted by atomic mass is 10.1. The lowest BCUT2D eigenvalue weighted by Crippen LogP contribution is -2.53. The highest BCUT2D eigenvalue weighted by atomic mass is 16.5. The number of aromatic nitrogens is 2. The Morgan fingerprint density at radius 2 is 1.94 bits per heavy atom. The van der Waals surface area contributed by atoms with Crippen LogP contribution in [-0.4, -0.2) is 47.0 Å². The summed E-state index contributed by atoms with van der Waals surface area (Å²) in [6.45, 7) is 9.57. The van der Waals surface area contributed by atoms with Gasteiger partial charge in [0.15, 0.2) is 0 Å². The molecule has 0 aromatic carbocycles. The van der Waals surface area contributed by atoms with Crippen molar-refractivity contribution in [2.24, 2.45) is 7.05 Å². The third kappa shape index (κ3) is 2.67. The fourth-order valence-electron chi connectivity index (χ4n) is 2.91. The molecule has 1 fully saturated rings. The van der Waals surface area contributed by atoms with Gasteiger partial charge in [0, 0.05) is 38.8 Å². The number of hydrogen-bond acceptors (Lipinski definition) is 4. The highest BCUT2D eigenvalue weighted by molar-refractivity contribution is 5.30. The first kappa shape index (κ1) is 13.4. The second kappa shape index (κ2) is 5.28. The van der Waals surface area contributed by atoms with Crippen LogP contribution in [-0.2, 0) is 13.6 Å². The van der Waals surface area contributed by atoms with Crippen molar-refractivity contribution in [3.05, 3.63) is 11.3 Å². The van der Waals surface area contributed by atoms with Gasteiger partial charge < -0.3 is 10.1 Å². The molecule has 102 valence electrons. The molecule has 5 nitrogen and oxygen atoms in total. The van der Waals surface area contributed by atoms with Crippen LogP contribution >= 0.6 is 0 Å². The summed E-state index contributed by atoms with van der Waals surface area (Å²) < 4.78 is 7.27. The molecule has 2 heterocycles. The van der Waals surface area contributed by atoms with Crippen LogP contribution < -0.4 is 10.1 Å². The van der Waals surface area contributed by atoms with Crippen molar-refractivity contribution < 1.29 is 4.74 Å². The molecule has 1 aromatic rings. The van der Waals surface area contributed by atoms with Gasteiger partial charge in [0.1, 0.15) is 0 Å². The number of piperazine rings is 1. The zero-order valence-electron chi connectivity index (χ0n) is 12.0. The van der Waals surface area contributed by atoms with Crippen molar-refractivity contribution in [2.45, 2.75) is 39.4 Å². The van der Waals surface area contributed by atoms with Gasteiger partial charge in [-0.15, -0.1) is 0 Å². The van der Waals surface area contributed by atoms with Gasteiger partial charge >= 0.3 is 0 Å². The molecule has 1 N–H and O–H groups in total. The molecule has 1 aromatic heterocycles. The van der Waals surface area contributed by atoms with E-state index in [1.807, 2.05) is 18.7 Å². The SMILES string of the molecule is COc1c(CN2CC(C)NC(C)C2)c(C)nn1C. The first-order chi connectivity index (χ1) is 8.51. The quantitative estimate of drug-likeness (QED) is 0.868. The molecule has 0 spiro atoms. The Kier molecular flexibility index (Phi) is 3.92. The Morgan fingerprint density at radius 3 is 2.50 bits per heavy atom. The normalized spacial score (nSPS) is 25.4. The monoisotopic (exact) mass is 252 g/mol. The van der Waals surface area contributed by atoms with Crippen LogP contribution in [0.1, 0.15) is 25.1 Å². The second-order valence-corrected chi connectivity index (χ2v) is 5.36. The summed E-state index contributed by atoms with van der Waals surface area (Å²) in [7, 11) is 3.64. The molecule has 2 unspecified atom stereocenters. The van der Waals surface area contributed by atoms with E-state index in [4.69, 9.17) is 4.74 Å². The van der Waals surface area contributed by atoms with Crippen LogP contribution in [0.2, 0.25) is 0 Å². The van der Waals surface area contributed by atoms with E-state index >= 15 is 0 Å². The van der Waals surface area contributed by atoms with E-state index in [2.05, 4.69) is 29.2 Å². The molecule has 0 aliphatic carbocycles. The molecule has 1 saturated heterocycles. The van der Waals surface area contributed by atoms with Gasteiger partial charge in [0.05, 0.1) is 18.4 Å². The zero-order valence-corrected chi connectivity index (χ0v) is 12.0. The molecule has 0 radical (unpaired) electrons. The Bertz CT molecular complexity index is 405. The standard InChI is InChI=1S/C13H24N4O/c1-9-6-17(7-10(2)14-9)8-12-11(3)15-16(4)13(12)18-5/h9-10,14H,6-8H2,1-5H3. The molecule has 0 saturated carbocycles. The van der Waals surface area contributed by atoms with Crippen LogP contribution in [0, 0.1) is 6.92 Å². The third-order valence-electron chi connectivity index (χ3n) is 3.50. The van der Waals surface area contributed by atoms with Crippen molar-refractivity contribution in [3.63, 3.8) is 0 Å². The van der Waals surface area contributed by atoms with Crippen LogP contribution in [0.15, 0.2) is 0 Å². The summed E-state index contributed by atoms with van der Waals surface area (Å²) >= 11 is 0. The molecular formula is C13H24N4O. The first-order valence-electron chi connectivity index (χ1n) is 6.56. The van der Waals surface area contributed by atoms with E-state index in [-0.39, 0.29) is 0 Å². The summed E-state index contributed by atoms with van der Waals surface area (Å²) in [5.41, 5.74) is 2.27. The second-order valence-electron chi connectivity index (χ2n) is 5.36. The highest BCUT2D eigenvalue weighted by Gasteiger charge is 2.24. The predicted octanol–water partition coefficient (Wildman–Crippen LogP) is 0.919. The van der Waals surface area contributed by atoms with Crippen molar-refractivity contribution >= 4 is 0 Å². The van der Waals surface area contributed by atoms with Crippen molar-refractivity contribution in [2.75, 3.05) is 20.2 Å². The number of hydrogen-bond donors (Lipinski definition) is 1. The van der Waals surface area contributed by atoms with Gasteiger partial charge in [-0.05, 0) is 20.8 Å². The minimum Gasteiger partial charge on any atom is -0.481 e. The van der Waals surface area contributed by atoms with Gasteiger partial charge in [0.25, 0.3) is 0 Å². The first-order valence-corrected chi connectivity index (χ1v) is 6.56. The highest BCUT2D eigenvalue weighted by Crippen LogP contribution is 2.23. The summed E-state index contributed by atoms with van der Waals surface area (Å²) in [4.78, 5) is 2.47. The van der Waals surface area contributed by atoms with Crippen LogP contribution in [0.4, 0.5) is 0 Å². The van der Waals surface area contributed by atoms with E-state index in [1.165, 1.54) is 5.56 Å². The number of ether oxygens (including phenoxy) is 1. The van der Waals surface area contributed by atoms with Gasteiger partial charge in [-0.2, -0.15) is 5.10 Å². The number of nitrogens with one attached hydrogen (secondary N) is 1. The summed E-state index contributed by atoms with van der Waals surface area (Å²) in [5.74, 6) is 0.881. The van der Waals surface area contributed by atoms with Gasteiger partial charge in [-0.1, -0.05) is 0 Å². The topological polar surface area (TPSA) is 42.3 Å². The Hall–Kier alpha value is -1.07. The Morgan fingerprint density at radius 1 is 1.33 bits per heavy atom. The summed E-state index contributed by atoms with van der Waals surface area (Å²) in [6.07, 6.45) is 0. The van der Waals surface area contributed by atoms with Gasteiger partial charge in [-0.3, -0.25) is 4.90 Å². The Labute approximate surface area is 109 Å². The number of nitrogens with zero attached hydrogens (tertiary/aromatic N) is 3. The Balaban J connectivity index is 2.13. The molecule has 2 atom stereocenters. The van der Waals surface area contributed by atoms with Crippen molar-refractivity contribution in [3.8, 4) is 5.88 Å². The van der Waals surface area contributed by atoms with Gasteiger partial charge in [0.2, 0.25) is 5.88 Å². The van der Waals surface area contributed by atoms with Crippen molar-refractivity contribution in [1.82, 2.24) is 20.0 Å². The fraction of sp³-hybridized carbons (Fsp3) is 0.769. The molecule has 2 rings (SSSR count). The largest absolute Gasteiger partial charge is 0.481 e. The zero-order chi connectivity index (χ0) is 13.3. The minimum atomic E-state index is 0.539. The molecular weight excluding hydrogens is 228 g/mol. The molecule has 0 amide bonds. The van der Waals surface area contributed by atoms with Crippen LogP contribution in [0.5, 0.6) is 5.88 Å².